The van der Waals surface area contributed by atoms with E-state index in [1.807, 2.05) is 0 Å². The lowest BCUT2D eigenvalue weighted by molar-refractivity contribution is -0.122. The third-order valence-electron chi connectivity index (χ3n) is 5.43. The fraction of sp³-hybridized carbons (Fsp3) is 0.238. The van der Waals surface area contributed by atoms with Crippen LogP contribution in [0.5, 0.6) is 0 Å². The second-order valence-corrected chi connectivity index (χ2v) is 7.37. The van der Waals surface area contributed by atoms with Crippen LogP contribution in [0.2, 0.25) is 0 Å². The van der Waals surface area contributed by atoms with Gasteiger partial charge in [-0.05, 0) is 35.7 Å². The smallest absolute Gasteiger partial charge is 0.253 e. The highest BCUT2D eigenvalue weighted by Gasteiger charge is 2.28. The minimum atomic E-state index is -0.717. The van der Waals surface area contributed by atoms with Gasteiger partial charge in [-0.15, -0.1) is 0 Å². The fourth-order valence-corrected chi connectivity index (χ4v) is 4.00. The summed E-state index contributed by atoms with van der Waals surface area (Å²) in [7, 11) is 0. The van der Waals surface area contributed by atoms with Crippen LogP contribution in [0.4, 0.5) is 8.78 Å². The van der Waals surface area contributed by atoms with E-state index in [1.54, 1.807) is 23.1 Å². The Labute approximate surface area is 170 Å². The molecule has 3 aromatic rings. The molecule has 0 bridgehead atoms. The van der Waals surface area contributed by atoms with Gasteiger partial charge in [-0.1, -0.05) is 6.07 Å². The van der Waals surface area contributed by atoms with E-state index in [9.17, 15) is 18.4 Å². The number of halogens is 2. The van der Waals surface area contributed by atoms with E-state index < -0.39 is 11.6 Å². The molecule has 1 saturated heterocycles. The summed E-state index contributed by atoms with van der Waals surface area (Å²) in [5.74, 6) is -1.79. The number of carbonyl (C=O) groups excluding carboxylic acids is 2. The lowest BCUT2D eigenvalue weighted by Crippen LogP contribution is -2.22. The van der Waals surface area contributed by atoms with Gasteiger partial charge < -0.3 is 10.6 Å². The summed E-state index contributed by atoms with van der Waals surface area (Å²) >= 11 is 0. The van der Waals surface area contributed by atoms with Crippen molar-refractivity contribution in [3.63, 3.8) is 0 Å². The third kappa shape index (κ3) is 3.02. The SMILES string of the molecule is O=C1NCc2cc(-c3c(F)cccc3F)nc(Cc3cnn([C@@H]4CCNC4=O)c3)c21. The molecule has 5 rings (SSSR count). The van der Waals surface area contributed by atoms with Crippen LogP contribution in [0.1, 0.15) is 39.6 Å². The summed E-state index contributed by atoms with van der Waals surface area (Å²) in [5, 5.41) is 9.78. The van der Waals surface area contributed by atoms with Crippen molar-refractivity contribution < 1.29 is 18.4 Å². The first-order valence-corrected chi connectivity index (χ1v) is 9.57. The average molecular weight is 409 g/mol. The summed E-state index contributed by atoms with van der Waals surface area (Å²) in [6, 6.07) is 4.82. The van der Waals surface area contributed by atoms with E-state index >= 15 is 0 Å². The van der Waals surface area contributed by atoms with E-state index in [4.69, 9.17) is 0 Å². The number of pyridine rings is 1. The number of rotatable bonds is 4. The monoisotopic (exact) mass is 409 g/mol. The maximum atomic E-state index is 14.3. The highest BCUT2D eigenvalue weighted by Crippen LogP contribution is 2.30. The zero-order chi connectivity index (χ0) is 20.8. The van der Waals surface area contributed by atoms with Crippen LogP contribution in [0, 0.1) is 11.6 Å². The quantitative estimate of drug-likeness (QED) is 0.691. The van der Waals surface area contributed by atoms with Crippen molar-refractivity contribution in [1.82, 2.24) is 25.4 Å². The predicted molar refractivity (Wildman–Crippen MR) is 102 cm³/mol. The molecule has 2 amide bonds. The van der Waals surface area contributed by atoms with E-state index in [0.29, 0.717) is 29.8 Å². The van der Waals surface area contributed by atoms with Crippen molar-refractivity contribution >= 4 is 11.8 Å². The first kappa shape index (κ1) is 18.4. The summed E-state index contributed by atoms with van der Waals surface area (Å²) in [6.07, 6.45) is 4.25. The van der Waals surface area contributed by atoms with Crippen molar-refractivity contribution in [3.05, 3.63) is 70.7 Å². The van der Waals surface area contributed by atoms with Crippen molar-refractivity contribution in [3.8, 4) is 11.3 Å². The second-order valence-electron chi connectivity index (χ2n) is 7.37. The van der Waals surface area contributed by atoms with Crippen LogP contribution in [-0.2, 0) is 17.8 Å². The molecule has 0 unspecified atom stereocenters. The Morgan fingerprint density at radius 2 is 1.93 bits per heavy atom. The molecule has 7 nitrogen and oxygen atoms in total. The van der Waals surface area contributed by atoms with Crippen LogP contribution < -0.4 is 10.6 Å². The van der Waals surface area contributed by atoms with Crippen LogP contribution >= 0.6 is 0 Å². The Kier molecular flexibility index (Phi) is 4.30. The van der Waals surface area contributed by atoms with Gasteiger partial charge in [0, 0.05) is 25.7 Å². The second kappa shape index (κ2) is 7.01. The number of amides is 2. The molecule has 1 aromatic carbocycles. The first-order valence-electron chi connectivity index (χ1n) is 9.57. The number of nitrogens with one attached hydrogen (secondary N) is 2. The summed E-state index contributed by atoms with van der Waals surface area (Å²) in [4.78, 5) is 28.7. The molecule has 0 saturated carbocycles. The van der Waals surface area contributed by atoms with Gasteiger partial charge in [-0.2, -0.15) is 5.10 Å². The predicted octanol–water partition coefficient (Wildman–Crippen LogP) is 2.12. The minimum Gasteiger partial charge on any atom is -0.354 e. The highest BCUT2D eigenvalue weighted by molar-refractivity contribution is 5.99. The topological polar surface area (TPSA) is 88.9 Å². The van der Waals surface area contributed by atoms with Gasteiger partial charge in [0.25, 0.3) is 5.91 Å². The van der Waals surface area contributed by atoms with Gasteiger partial charge in [0.1, 0.15) is 17.7 Å². The standard InChI is InChI=1S/C21H17F2N5O2/c22-13-2-1-3-14(23)19(13)16-7-12-9-25-21(30)18(12)15(27-16)6-11-8-26-28(10-11)17-4-5-24-20(17)29/h1-3,7-8,10,17H,4-6,9H2,(H,24,29)(H,25,30)/t17-/m1/s1. The number of carbonyl (C=O) groups is 2. The van der Waals surface area contributed by atoms with Crippen molar-refractivity contribution in [1.29, 1.82) is 0 Å². The Morgan fingerprint density at radius 1 is 1.13 bits per heavy atom. The molecule has 0 aliphatic carbocycles. The Morgan fingerprint density at radius 3 is 2.67 bits per heavy atom. The normalized spacial score (nSPS) is 17.7. The lowest BCUT2D eigenvalue weighted by Gasteiger charge is -2.11. The molecule has 30 heavy (non-hydrogen) atoms. The maximum Gasteiger partial charge on any atom is 0.253 e. The van der Waals surface area contributed by atoms with E-state index in [2.05, 4.69) is 20.7 Å². The van der Waals surface area contributed by atoms with Crippen LogP contribution in [0.15, 0.2) is 36.7 Å². The van der Waals surface area contributed by atoms with Crippen LogP contribution in [0.3, 0.4) is 0 Å². The van der Waals surface area contributed by atoms with Gasteiger partial charge in [-0.3, -0.25) is 19.3 Å². The average Bonchev–Trinajstić information content (AvgIpc) is 3.42. The maximum absolute atomic E-state index is 14.3. The van der Waals surface area contributed by atoms with Crippen molar-refractivity contribution in [2.75, 3.05) is 6.54 Å². The van der Waals surface area contributed by atoms with Gasteiger partial charge in [0.2, 0.25) is 5.91 Å². The highest BCUT2D eigenvalue weighted by atomic mass is 19.1. The number of hydrogen-bond donors (Lipinski definition) is 2. The number of aromatic nitrogens is 3. The van der Waals surface area contributed by atoms with Gasteiger partial charge >= 0.3 is 0 Å². The lowest BCUT2D eigenvalue weighted by atomic mass is 10.0. The molecule has 0 spiro atoms. The molecule has 4 heterocycles. The van der Waals surface area contributed by atoms with Gasteiger partial charge in [-0.25, -0.2) is 8.78 Å². The Balaban J connectivity index is 1.55. The largest absolute Gasteiger partial charge is 0.354 e. The molecule has 2 aliphatic heterocycles. The van der Waals surface area contributed by atoms with Crippen molar-refractivity contribution in [2.45, 2.75) is 25.4 Å². The Hall–Kier alpha value is -3.62. The Bertz CT molecular complexity index is 1170. The van der Waals surface area contributed by atoms with Crippen LogP contribution in [0.25, 0.3) is 11.3 Å². The number of hydrogen-bond acceptors (Lipinski definition) is 4. The zero-order valence-corrected chi connectivity index (χ0v) is 15.8. The third-order valence-corrected chi connectivity index (χ3v) is 5.43. The summed E-state index contributed by atoms with van der Waals surface area (Å²) < 4.78 is 30.2. The van der Waals surface area contributed by atoms with Crippen LogP contribution in [-0.4, -0.2) is 33.1 Å². The number of benzene rings is 1. The summed E-state index contributed by atoms with van der Waals surface area (Å²) in [6.45, 7) is 0.873. The molecule has 1 atom stereocenters. The molecular formula is C21H17F2N5O2. The minimum absolute atomic E-state index is 0.0833. The molecule has 152 valence electrons. The molecular weight excluding hydrogens is 392 g/mol. The first-order chi connectivity index (χ1) is 14.5. The van der Waals surface area contributed by atoms with Crippen molar-refractivity contribution in [2.24, 2.45) is 0 Å². The molecule has 1 fully saturated rings. The van der Waals surface area contributed by atoms with E-state index in [-0.39, 0.29) is 42.1 Å². The fourth-order valence-electron chi connectivity index (χ4n) is 4.00. The number of nitrogens with zero attached hydrogens (tertiary/aromatic N) is 3. The van der Waals surface area contributed by atoms with E-state index in [0.717, 1.165) is 5.56 Å². The molecule has 2 aromatic heterocycles. The number of fused-ring (bicyclic) bond motifs is 1. The molecule has 2 N–H and O–H groups in total. The molecule has 9 heteroatoms. The molecule has 0 radical (unpaired) electrons. The molecule has 2 aliphatic rings. The van der Waals surface area contributed by atoms with E-state index in [1.165, 1.54) is 18.2 Å². The summed E-state index contributed by atoms with van der Waals surface area (Å²) in [5.41, 5.74) is 2.13. The zero-order valence-electron chi connectivity index (χ0n) is 15.8. The van der Waals surface area contributed by atoms with Gasteiger partial charge in [0.15, 0.2) is 0 Å². The van der Waals surface area contributed by atoms with Gasteiger partial charge in [0.05, 0.1) is 28.7 Å².